The number of halogens is 2. The van der Waals surface area contributed by atoms with Crippen molar-refractivity contribution in [3.8, 4) is 5.75 Å². The molecule has 3 rings (SSSR count). The number of nitro groups is 1. The van der Waals surface area contributed by atoms with Crippen molar-refractivity contribution >= 4 is 61.1 Å². The number of hydrogen-bond donors (Lipinski definition) is 2. The standard InChI is InChI=1S/C23H17Br2N3O5/c1-33-21-10-7-16(25)13-19(21)22(29)27-20(12-14-3-2-4-18(11-14)28(31)32)23(30)26-17-8-5-15(24)6-9-17/h2-13H,1H3,(H,26,30)(H,27,29)/b20-12-. The summed E-state index contributed by atoms with van der Waals surface area (Å²) in [4.78, 5) is 36.6. The van der Waals surface area contributed by atoms with Crippen molar-refractivity contribution in [2.24, 2.45) is 0 Å². The zero-order valence-corrected chi connectivity index (χ0v) is 20.3. The van der Waals surface area contributed by atoms with Gasteiger partial charge >= 0.3 is 0 Å². The van der Waals surface area contributed by atoms with E-state index >= 15 is 0 Å². The molecule has 0 aliphatic heterocycles. The van der Waals surface area contributed by atoms with Gasteiger partial charge in [-0.1, -0.05) is 44.0 Å². The van der Waals surface area contributed by atoms with E-state index in [2.05, 4.69) is 42.5 Å². The minimum absolute atomic E-state index is 0.106. The van der Waals surface area contributed by atoms with Gasteiger partial charge in [-0.2, -0.15) is 0 Å². The normalized spacial score (nSPS) is 10.9. The Balaban J connectivity index is 1.97. The van der Waals surface area contributed by atoms with E-state index < -0.39 is 16.7 Å². The van der Waals surface area contributed by atoms with Crippen LogP contribution < -0.4 is 15.4 Å². The van der Waals surface area contributed by atoms with E-state index in [-0.39, 0.29) is 16.9 Å². The van der Waals surface area contributed by atoms with Crippen LogP contribution in [0.15, 0.2) is 81.4 Å². The summed E-state index contributed by atoms with van der Waals surface area (Å²) in [7, 11) is 1.43. The molecule has 0 fully saturated rings. The van der Waals surface area contributed by atoms with Gasteiger partial charge in [0.05, 0.1) is 17.6 Å². The monoisotopic (exact) mass is 573 g/mol. The molecule has 2 amide bonds. The summed E-state index contributed by atoms with van der Waals surface area (Å²) in [5.74, 6) is -0.874. The molecule has 0 radical (unpaired) electrons. The van der Waals surface area contributed by atoms with E-state index in [1.807, 2.05) is 0 Å². The summed E-state index contributed by atoms with van der Waals surface area (Å²) >= 11 is 6.65. The van der Waals surface area contributed by atoms with Gasteiger partial charge in [0.25, 0.3) is 17.5 Å². The maximum atomic E-state index is 13.0. The van der Waals surface area contributed by atoms with Crippen LogP contribution in [0, 0.1) is 10.1 Å². The largest absolute Gasteiger partial charge is 0.496 e. The van der Waals surface area contributed by atoms with Crippen LogP contribution in [0.1, 0.15) is 15.9 Å². The number of anilines is 1. The van der Waals surface area contributed by atoms with Crippen LogP contribution >= 0.6 is 31.9 Å². The molecular formula is C23H17Br2N3O5. The first-order valence-electron chi connectivity index (χ1n) is 9.45. The fourth-order valence-electron chi connectivity index (χ4n) is 2.83. The van der Waals surface area contributed by atoms with E-state index in [4.69, 9.17) is 4.74 Å². The lowest BCUT2D eigenvalue weighted by atomic mass is 10.1. The summed E-state index contributed by atoms with van der Waals surface area (Å²) in [6.07, 6.45) is 1.36. The predicted molar refractivity (Wildman–Crippen MR) is 132 cm³/mol. The lowest BCUT2D eigenvalue weighted by Gasteiger charge is -2.13. The quantitative estimate of drug-likeness (QED) is 0.219. The van der Waals surface area contributed by atoms with Gasteiger partial charge in [0.2, 0.25) is 0 Å². The van der Waals surface area contributed by atoms with Crippen molar-refractivity contribution in [3.63, 3.8) is 0 Å². The van der Waals surface area contributed by atoms with Crippen LogP contribution in [0.2, 0.25) is 0 Å². The average molecular weight is 575 g/mol. The summed E-state index contributed by atoms with van der Waals surface area (Å²) < 4.78 is 6.74. The summed E-state index contributed by atoms with van der Waals surface area (Å²) in [5.41, 5.74) is 0.823. The van der Waals surface area contributed by atoms with Crippen LogP contribution in [0.4, 0.5) is 11.4 Å². The first kappa shape index (κ1) is 24.1. The molecule has 33 heavy (non-hydrogen) atoms. The van der Waals surface area contributed by atoms with Gasteiger partial charge in [-0.25, -0.2) is 0 Å². The van der Waals surface area contributed by atoms with Crippen molar-refractivity contribution in [1.82, 2.24) is 5.32 Å². The fourth-order valence-corrected chi connectivity index (χ4v) is 3.46. The molecule has 3 aromatic carbocycles. The number of benzene rings is 3. The molecule has 2 N–H and O–H groups in total. The topological polar surface area (TPSA) is 111 Å². The number of amides is 2. The molecule has 0 unspecified atom stereocenters. The molecular weight excluding hydrogens is 558 g/mol. The van der Waals surface area contributed by atoms with E-state index in [0.717, 1.165) is 4.47 Å². The zero-order valence-electron chi connectivity index (χ0n) is 17.2. The Bertz CT molecular complexity index is 1240. The zero-order chi connectivity index (χ0) is 24.0. The SMILES string of the molecule is COc1ccc(Br)cc1C(=O)N/C(=C\c1cccc([N+](=O)[O-])c1)C(=O)Nc1ccc(Br)cc1. The predicted octanol–water partition coefficient (Wildman–Crippen LogP) is 5.54. The van der Waals surface area contributed by atoms with Gasteiger partial charge in [0.1, 0.15) is 11.4 Å². The third-order valence-electron chi connectivity index (χ3n) is 4.39. The smallest absolute Gasteiger partial charge is 0.272 e. The number of methoxy groups -OCH3 is 1. The molecule has 0 spiro atoms. The first-order valence-corrected chi connectivity index (χ1v) is 11.0. The van der Waals surface area contributed by atoms with E-state index in [0.29, 0.717) is 21.5 Å². The van der Waals surface area contributed by atoms with Crippen LogP contribution in [-0.4, -0.2) is 23.8 Å². The van der Waals surface area contributed by atoms with Crippen molar-refractivity contribution < 1.29 is 19.2 Å². The fraction of sp³-hybridized carbons (Fsp3) is 0.0435. The molecule has 0 bridgehead atoms. The van der Waals surface area contributed by atoms with Gasteiger partial charge in [0.15, 0.2) is 0 Å². The van der Waals surface area contributed by atoms with Crippen molar-refractivity contribution in [3.05, 3.63) is 103 Å². The average Bonchev–Trinajstić information content (AvgIpc) is 2.80. The molecule has 0 aromatic heterocycles. The minimum atomic E-state index is -0.605. The van der Waals surface area contributed by atoms with Gasteiger partial charge in [0, 0.05) is 26.8 Å². The number of rotatable bonds is 7. The van der Waals surface area contributed by atoms with Crippen LogP contribution in [0.5, 0.6) is 5.75 Å². The van der Waals surface area contributed by atoms with Gasteiger partial charge < -0.3 is 15.4 Å². The maximum absolute atomic E-state index is 13.0. The Kier molecular flexibility index (Phi) is 7.96. The number of carbonyl (C=O) groups is 2. The summed E-state index contributed by atoms with van der Waals surface area (Å²) in [6.45, 7) is 0. The number of carbonyl (C=O) groups excluding carboxylic acids is 2. The van der Waals surface area contributed by atoms with Crippen molar-refractivity contribution in [2.75, 3.05) is 12.4 Å². The van der Waals surface area contributed by atoms with Crippen molar-refractivity contribution in [1.29, 1.82) is 0 Å². The Labute approximate surface area is 206 Å². The minimum Gasteiger partial charge on any atom is -0.496 e. The third-order valence-corrected chi connectivity index (χ3v) is 5.42. The second-order valence-electron chi connectivity index (χ2n) is 6.67. The van der Waals surface area contributed by atoms with Gasteiger partial charge in [-0.15, -0.1) is 0 Å². The highest BCUT2D eigenvalue weighted by atomic mass is 79.9. The van der Waals surface area contributed by atoms with Crippen LogP contribution in [0.3, 0.4) is 0 Å². The van der Waals surface area contributed by atoms with E-state index in [1.54, 1.807) is 48.5 Å². The van der Waals surface area contributed by atoms with Gasteiger partial charge in [-0.05, 0) is 54.1 Å². The van der Waals surface area contributed by atoms with E-state index in [1.165, 1.54) is 31.4 Å². The number of hydrogen-bond acceptors (Lipinski definition) is 5. The Hall–Kier alpha value is -3.50. The highest BCUT2D eigenvalue weighted by Crippen LogP contribution is 2.24. The Morgan fingerprint density at radius 2 is 1.70 bits per heavy atom. The molecule has 0 aliphatic carbocycles. The number of nitrogens with one attached hydrogen (secondary N) is 2. The Morgan fingerprint density at radius 1 is 1.00 bits per heavy atom. The second-order valence-corrected chi connectivity index (χ2v) is 8.50. The summed E-state index contributed by atoms with van der Waals surface area (Å²) in [5, 5.41) is 16.4. The molecule has 0 heterocycles. The third kappa shape index (κ3) is 6.50. The van der Waals surface area contributed by atoms with Crippen LogP contribution in [-0.2, 0) is 4.79 Å². The summed E-state index contributed by atoms with van der Waals surface area (Å²) in [6, 6.07) is 17.5. The number of nitro benzene ring substituents is 1. The van der Waals surface area contributed by atoms with E-state index in [9.17, 15) is 19.7 Å². The molecule has 0 aliphatic rings. The number of non-ortho nitro benzene ring substituents is 1. The van der Waals surface area contributed by atoms with Crippen molar-refractivity contribution in [2.45, 2.75) is 0 Å². The van der Waals surface area contributed by atoms with Crippen LogP contribution in [0.25, 0.3) is 6.08 Å². The molecule has 0 saturated carbocycles. The molecule has 10 heteroatoms. The molecule has 168 valence electrons. The maximum Gasteiger partial charge on any atom is 0.272 e. The molecule has 0 saturated heterocycles. The first-order chi connectivity index (χ1) is 15.8. The molecule has 0 atom stereocenters. The Morgan fingerprint density at radius 3 is 2.36 bits per heavy atom. The lowest BCUT2D eigenvalue weighted by Crippen LogP contribution is -2.31. The lowest BCUT2D eigenvalue weighted by molar-refractivity contribution is -0.384. The number of ether oxygens (including phenoxy) is 1. The second kappa shape index (κ2) is 10.9. The highest BCUT2D eigenvalue weighted by molar-refractivity contribution is 9.10. The number of nitrogens with zero attached hydrogens (tertiary/aromatic N) is 1. The van der Waals surface area contributed by atoms with Gasteiger partial charge in [-0.3, -0.25) is 19.7 Å². The highest BCUT2D eigenvalue weighted by Gasteiger charge is 2.19. The molecule has 3 aromatic rings. The molecule has 8 nitrogen and oxygen atoms in total.